The number of anilines is 1. The largest absolute Gasteiger partial charge is 0.356 e. The van der Waals surface area contributed by atoms with E-state index in [0.717, 1.165) is 25.8 Å². The average Bonchev–Trinajstić information content (AvgIpc) is 3.42. The van der Waals surface area contributed by atoms with Crippen molar-refractivity contribution in [2.45, 2.75) is 70.6 Å². The number of amides is 1. The minimum absolute atomic E-state index is 0.0632. The molecule has 2 aliphatic heterocycles. The lowest BCUT2D eigenvalue weighted by molar-refractivity contribution is -0.401. The summed E-state index contributed by atoms with van der Waals surface area (Å²) in [5.74, 6) is 0.0632. The van der Waals surface area contributed by atoms with E-state index in [1.54, 1.807) is 0 Å². The number of nitrogens with one attached hydrogen (secondary N) is 1. The van der Waals surface area contributed by atoms with Crippen LogP contribution < -0.4 is 10.2 Å². The number of rotatable bonds is 12. The van der Waals surface area contributed by atoms with Crippen LogP contribution in [0.5, 0.6) is 0 Å². The Bertz CT molecular complexity index is 2010. The number of unbranched alkanes of at least 4 members (excludes halogenated alkanes) is 2. The lowest BCUT2D eigenvalue weighted by Crippen LogP contribution is -2.28. The molecule has 2 heterocycles. The molecule has 0 saturated heterocycles. The SMILES string of the molecule is C[N+]1=C(C=CC=C2N(CCCCCC(=O)NCCCN=[N+]=[N-])c3ccc4ccccc4c3C2(C)C)C(C)(C)c2c1ccc1ccccc21. The molecule has 0 saturated carbocycles. The van der Waals surface area contributed by atoms with Crippen LogP contribution in [-0.4, -0.2) is 42.9 Å². The van der Waals surface area contributed by atoms with Crippen molar-refractivity contribution in [3.05, 3.63) is 118 Å². The maximum Gasteiger partial charge on any atom is 0.219 e. The summed E-state index contributed by atoms with van der Waals surface area (Å²) in [4.78, 5) is 17.6. The number of allylic oxidation sites excluding steroid dienone is 4. The Morgan fingerprint density at radius 3 is 2.29 bits per heavy atom. The van der Waals surface area contributed by atoms with Crippen LogP contribution in [0.1, 0.15) is 70.9 Å². The Morgan fingerprint density at radius 1 is 0.875 bits per heavy atom. The first-order chi connectivity index (χ1) is 23.2. The van der Waals surface area contributed by atoms with Crippen molar-refractivity contribution in [2.24, 2.45) is 5.11 Å². The molecule has 0 spiro atoms. The van der Waals surface area contributed by atoms with E-state index >= 15 is 0 Å². The summed E-state index contributed by atoms with van der Waals surface area (Å²) in [5.41, 5.74) is 16.0. The summed E-state index contributed by atoms with van der Waals surface area (Å²) in [5, 5.41) is 11.6. The van der Waals surface area contributed by atoms with Crippen molar-refractivity contribution >= 4 is 44.5 Å². The summed E-state index contributed by atoms with van der Waals surface area (Å²) in [6.07, 6.45) is 10.9. The van der Waals surface area contributed by atoms with E-state index in [4.69, 9.17) is 5.53 Å². The highest BCUT2D eigenvalue weighted by Crippen LogP contribution is 2.51. The number of benzene rings is 4. The first-order valence-electron chi connectivity index (χ1n) is 17.3. The Kier molecular flexibility index (Phi) is 9.43. The standard InChI is InChI=1S/C41H46N6O/c1-40(2)35(46(5)33-24-22-29-15-8-10-17-31(29)38(33)40)19-13-20-36-41(3,4)39-32-18-11-9-16-30(32)23-25-34(39)47(36)28-12-6-7-21-37(48)43-26-14-27-44-45-42/h8-11,13,15-20,22-25H,6-7,12,14,21,26-28H2,1-5H3/p+1. The van der Waals surface area contributed by atoms with Gasteiger partial charge >= 0.3 is 0 Å². The molecule has 0 bridgehead atoms. The van der Waals surface area contributed by atoms with Crippen LogP contribution in [0.25, 0.3) is 32.0 Å². The van der Waals surface area contributed by atoms with Gasteiger partial charge in [-0.1, -0.05) is 86.1 Å². The van der Waals surface area contributed by atoms with Crippen molar-refractivity contribution in [3.63, 3.8) is 0 Å². The van der Waals surface area contributed by atoms with Crippen LogP contribution in [0.4, 0.5) is 11.4 Å². The zero-order valence-electron chi connectivity index (χ0n) is 29.0. The van der Waals surface area contributed by atoms with Gasteiger partial charge in [-0.25, -0.2) is 0 Å². The summed E-state index contributed by atoms with van der Waals surface area (Å²) in [6.45, 7) is 11.2. The van der Waals surface area contributed by atoms with Gasteiger partial charge in [0.05, 0.1) is 5.41 Å². The summed E-state index contributed by atoms with van der Waals surface area (Å²) in [7, 11) is 2.19. The molecule has 0 radical (unpaired) electrons. The minimum Gasteiger partial charge on any atom is -0.356 e. The third-order valence-electron chi connectivity index (χ3n) is 10.3. The first kappa shape index (κ1) is 33.0. The number of nitrogens with zero attached hydrogens (tertiary/aromatic N) is 5. The summed E-state index contributed by atoms with van der Waals surface area (Å²) >= 11 is 0. The Hall–Kier alpha value is -4.87. The fraction of sp³-hybridized carbons (Fsp3) is 0.366. The quantitative estimate of drug-likeness (QED) is 0.0550. The topological polar surface area (TPSA) is 84.1 Å². The first-order valence-corrected chi connectivity index (χ1v) is 17.3. The zero-order chi connectivity index (χ0) is 33.9. The van der Waals surface area contributed by atoms with Gasteiger partial charge in [0.25, 0.3) is 0 Å². The van der Waals surface area contributed by atoms with E-state index in [2.05, 4.69) is 151 Å². The van der Waals surface area contributed by atoms with Crippen LogP contribution in [-0.2, 0) is 15.6 Å². The minimum atomic E-state index is -0.184. The Labute approximate surface area is 284 Å². The number of azide groups is 1. The van der Waals surface area contributed by atoms with E-state index in [1.165, 1.54) is 55.5 Å². The Balaban J connectivity index is 1.24. The molecule has 0 fully saturated rings. The maximum absolute atomic E-state index is 12.3. The van der Waals surface area contributed by atoms with Gasteiger partial charge in [-0.15, -0.1) is 0 Å². The fourth-order valence-corrected chi connectivity index (χ4v) is 7.94. The number of hydrogen-bond acceptors (Lipinski definition) is 3. The molecule has 6 rings (SSSR count). The molecule has 7 heteroatoms. The predicted octanol–water partition coefficient (Wildman–Crippen LogP) is 9.61. The zero-order valence-corrected chi connectivity index (χ0v) is 29.0. The molecule has 246 valence electrons. The summed E-state index contributed by atoms with van der Waals surface area (Å²) in [6, 6.07) is 26.4. The van der Waals surface area contributed by atoms with Crippen LogP contribution in [0.3, 0.4) is 0 Å². The number of fused-ring (bicyclic) bond motifs is 6. The summed E-state index contributed by atoms with van der Waals surface area (Å²) < 4.78 is 2.35. The third-order valence-corrected chi connectivity index (χ3v) is 10.3. The molecule has 48 heavy (non-hydrogen) atoms. The highest BCUT2D eigenvalue weighted by Gasteiger charge is 2.44. The van der Waals surface area contributed by atoms with Crippen LogP contribution >= 0.6 is 0 Å². The normalized spacial score (nSPS) is 16.9. The van der Waals surface area contributed by atoms with Crippen LogP contribution in [0.15, 0.2) is 102 Å². The molecule has 1 N–H and O–H groups in total. The van der Waals surface area contributed by atoms with E-state index in [0.29, 0.717) is 25.9 Å². The average molecular weight is 640 g/mol. The molecular weight excluding hydrogens is 592 g/mol. The second-order valence-electron chi connectivity index (χ2n) is 14.1. The number of carbonyl (C=O) groups excluding carboxylic acids is 1. The second kappa shape index (κ2) is 13.7. The van der Waals surface area contributed by atoms with Gasteiger partial charge in [-0.3, -0.25) is 4.79 Å². The van der Waals surface area contributed by atoms with Gasteiger partial charge in [0.2, 0.25) is 11.6 Å². The molecule has 4 aromatic carbocycles. The van der Waals surface area contributed by atoms with Gasteiger partial charge in [0.1, 0.15) is 7.05 Å². The molecule has 0 aliphatic carbocycles. The van der Waals surface area contributed by atoms with Crippen molar-refractivity contribution in [2.75, 3.05) is 31.6 Å². The van der Waals surface area contributed by atoms with Crippen molar-refractivity contribution in [1.82, 2.24) is 5.32 Å². The van der Waals surface area contributed by atoms with Crippen molar-refractivity contribution < 1.29 is 9.37 Å². The molecule has 0 unspecified atom stereocenters. The maximum atomic E-state index is 12.3. The lowest BCUT2D eigenvalue weighted by Gasteiger charge is -2.27. The van der Waals surface area contributed by atoms with Crippen LogP contribution in [0.2, 0.25) is 0 Å². The molecule has 7 nitrogen and oxygen atoms in total. The molecule has 2 aliphatic rings. The number of carbonyl (C=O) groups is 1. The van der Waals surface area contributed by atoms with E-state index in [9.17, 15) is 4.79 Å². The second-order valence-corrected chi connectivity index (χ2v) is 14.1. The van der Waals surface area contributed by atoms with Gasteiger partial charge < -0.3 is 10.2 Å². The predicted molar refractivity (Wildman–Crippen MR) is 199 cm³/mol. The van der Waals surface area contributed by atoms with E-state index in [1.807, 2.05) is 0 Å². The monoisotopic (exact) mass is 639 g/mol. The molecule has 4 aromatic rings. The van der Waals surface area contributed by atoms with Gasteiger partial charge in [0, 0.05) is 65.5 Å². The van der Waals surface area contributed by atoms with Crippen LogP contribution in [0, 0.1) is 0 Å². The van der Waals surface area contributed by atoms with Gasteiger partial charge in [-0.2, -0.15) is 4.58 Å². The third kappa shape index (κ3) is 6.11. The van der Waals surface area contributed by atoms with Gasteiger partial charge in [-0.05, 0) is 84.0 Å². The smallest absolute Gasteiger partial charge is 0.219 e. The van der Waals surface area contributed by atoms with E-state index < -0.39 is 0 Å². The highest BCUT2D eigenvalue weighted by molar-refractivity contribution is 6.07. The lowest BCUT2D eigenvalue weighted by atomic mass is 9.79. The highest BCUT2D eigenvalue weighted by atomic mass is 16.1. The number of hydrogen-bond donors (Lipinski definition) is 1. The van der Waals surface area contributed by atoms with Gasteiger partial charge in [0.15, 0.2) is 5.71 Å². The Morgan fingerprint density at radius 2 is 1.56 bits per heavy atom. The molecule has 1 amide bonds. The molecular formula is C41H47N6O+. The molecule has 0 aromatic heterocycles. The van der Waals surface area contributed by atoms with Crippen molar-refractivity contribution in [3.8, 4) is 0 Å². The van der Waals surface area contributed by atoms with E-state index in [-0.39, 0.29) is 16.7 Å². The van der Waals surface area contributed by atoms with Crippen molar-refractivity contribution in [1.29, 1.82) is 0 Å². The fourth-order valence-electron chi connectivity index (χ4n) is 7.94. The molecule has 0 atom stereocenters.